The summed E-state index contributed by atoms with van der Waals surface area (Å²) in [5, 5.41) is 5.03. The van der Waals surface area contributed by atoms with E-state index < -0.39 is 0 Å². The highest BCUT2D eigenvalue weighted by Crippen LogP contribution is 2.17. The van der Waals surface area contributed by atoms with Gasteiger partial charge >= 0.3 is 0 Å². The normalized spacial score (nSPS) is 10.7. The van der Waals surface area contributed by atoms with Crippen LogP contribution in [0.5, 0.6) is 0 Å². The van der Waals surface area contributed by atoms with Gasteiger partial charge < -0.3 is 5.32 Å². The third-order valence-corrected chi connectivity index (χ3v) is 3.37. The standard InChI is InChI=1S/C16H14ClN3/c17-15-11-14(7-10-19-15)18-9-6-13-4-1-3-12-5-2-8-20-16(12)13/h1-5,7-8,10-11H,6,9H2,(H,18,19). The number of anilines is 1. The van der Waals surface area contributed by atoms with Gasteiger partial charge in [-0.3, -0.25) is 4.98 Å². The molecule has 0 aliphatic carbocycles. The van der Waals surface area contributed by atoms with Crippen molar-refractivity contribution in [2.75, 3.05) is 11.9 Å². The lowest BCUT2D eigenvalue weighted by Crippen LogP contribution is -2.05. The Bertz CT molecular complexity index is 722. The topological polar surface area (TPSA) is 37.8 Å². The van der Waals surface area contributed by atoms with Crippen LogP contribution in [0.15, 0.2) is 54.9 Å². The molecule has 20 heavy (non-hydrogen) atoms. The number of para-hydroxylation sites is 1. The molecule has 0 aliphatic heterocycles. The Labute approximate surface area is 122 Å². The fourth-order valence-corrected chi connectivity index (χ4v) is 2.40. The minimum Gasteiger partial charge on any atom is -0.385 e. The summed E-state index contributed by atoms with van der Waals surface area (Å²) in [6.07, 6.45) is 4.44. The summed E-state index contributed by atoms with van der Waals surface area (Å²) in [4.78, 5) is 8.42. The van der Waals surface area contributed by atoms with Gasteiger partial charge in [0.25, 0.3) is 0 Å². The average Bonchev–Trinajstić information content (AvgIpc) is 2.48. The smallest absolute Gasteiger partial charge is 0.131 e. The van der Waals surface area contributed by atoms with Crippen molar-refractivity contribution in [1.29, 1.82) is 0 Å². The lowest BCUT2D eigenvalue weighted by atomic mass is 10.1. The van der Waals surface area contributed by atoms with Crippen molar-refractivity contribution in [2.45, 2.75) is 6.42 Å². The molecule has 3 aromatic rings. The average molecular weight is 284 g/mol. The summed E-state index contributed by atoms with van der Waals surface area (Å²) in [5.74, 6) is 0. The molecule has 0 bridgehead atoms. The molecule has 0 spiro atoms. The van der Waals surface area contributed by atoms with Crippen molar-refractivity contribution >= 4 is 28.2 Å². The van der Waals surface area contributed by atoms with Crippen LogP contribution in [0.4, 0.5) is 5.69 Å². The Morgan fingerprint density at radius 3 is 2.80 bits per heavy atom. The van der Waals surface area contributed by atoms with Crippen LogP contribution in [0.2, 0.25) is 5.15 Å². The van der Waals surface area contributed by atoms with Crippen LogP contribution in [-0.4, -0.2) is 16.5 Å². The number of nitrogens with zero attached hydrogens (tertiary/aromatic N) is 2. The first-order chi connectivity index (χ1) is 9.83. The van der Waals surface area contributed by atoms with Gasteiger partial charge in [0.15, 0.2) is 0 Å². The van der Waals surface area contributed by atoms with Crippen molar-refractivity contribution in [2.24, 2.45) is 0 Å². The Kier molecular flexibility index (Phi) is 3.79. The number of halogens is 1. The van der Waals surface area contributed by atoms with Crippen LogP contribution in [0, 0.1) is 0 Å². The van der Waals surface area contributed by atoms with Gasteiger partial charge in [-0.25, -0.2) is 4.98 Å². The number of rotatable bonds is 4. The van der Waals surface area contributed by atoms with Gasteiger partial charge in [0.1, 0.15) is 5.15 Å². The summed E-state index contributed by atoms with van der Waals surface area (Å²) in [6.45, 7) is 0.829. The molecule has 0 radical (unpaired) electrons. The summed E-state index contributed by atoms with van der Waals surface area (Å²) in [6, 6.07) is 14.1. The molecular formula is C16H14ClN3. The van der Waals surface area contributed by atoms with Crippen LogP contribution in [0.3, 0.4) is 0 Å². The van der Waals surface area contributed by atoms with Crippen molar-refractivity contribution in [3.05, 3.63) is 65.6 Å². The largest absolute Gasteiger partial charge is 0.385 e. The molecule has 1 aromatic carbocycles. The van der Waals surface area contributed by atoms with Gasteiger partial charge in [-0.05, 0) is 30.2 Å². The van der Waals surface area contributed by atoms with Gasteiger partial charge in [-0.1, -0.05) is 35.9 Å². The molecule has 0 aliphatic rings. The Morgan fingerprint density at radius 1 is 1.00 bits per heavy atom. The highest BCUT2D eigenvalue weighted by Gasteiger charge is 2.01. The number of hydrogen-bond acceptors (Lipinski definition) is 3. The first-order valence-corrected chi connectivity index (χ1v) is 6.89. The van der Waals surface area contributed by atoms with E-state index in [4.69, 9.17) is 11.6 Å². The predicted octanol–water partition coefficient (Wildman–Crippen LogP) is 3.94. The molecule has 0 atom stereocenters. The van der Waals surface area contributed by atoms with Crippen molar-refractivity contribution < 1.29 is 0 Å². The Balaban J connectivity index is 1.71. The molecule has 3 rings (SSSR count). The third kappa shape index (κ3) is 2.89. The third-order valence-electron chi connectivity index (χ3n) is 3.17. The molecule has 0 saturated carbocycles. The van der Waals surface area contributed by atoms with Gasteiger partial charge in [0.2, 0.25) is 0 Å². The van der Waals surface area contributed by atoms with Crippen LogP contribution in [0.1, 0.15) is 5.56 Å². The molecule has 4 heteroatoms. The van der Waals surface area contributed by atoms with E-state index in [1.54, 1.807) is 6.20 Å². The van der Waals surface area contributed by atoms with E-state index in [2.05, 4.69) is 39.6 Å². The van der Waals surface area contributed by atoms with E-state index in [-0.39, 0.29) is 0 Å². The predicted molar refractivity (Wildman–Crippen MR) is 83.2 cm³/mol. The van der Waals surface area contributed by atoms with E-state index in [0.29, 0.717) is 5.15 Å². The lowest BCUT2D eigenvalue weighted by Gasteiger charge is -2.08. The van der Waals surface area contributed by atoms with Crippen molar-refractivity contribution in [3.63, 3.8) is 0 Å². The van der Waals surface area contributed by atoms with Crippen LogP contribution >= 0.6 is 11.6 Å². The first-order valence-electron chi connectivity index (χ1n) is 6.51. The highest BCUT2D eigenvalue weighted by atomic mass is 35.5. The number of aromatic nitrogens is 2. The second kappa shape index (κ2) is 5.88. The summed E-state index contributed by atoms with van der Waals surface area (Å²) >= 11 is 5.86. The second-order valence-corrected chi connectivity index (χ2v) is 4.92. The van der Waals surface area contributed by atoms with E-state index >= 15 is 0 Å². The maximum absolute atomic E-state index is 5.86. The maximum Gasteiger partial charge on any atom is 0.131 e. The zero-order valence-corrected chi connectivity index (χ0v) is 11.6. The fraction of sp³-hybridized carbons (Fsp3) is 0.125. The van der Waals surface area contributed by atoms with E-state index in [9.17, 15) is 0 Å². The molecule has 2 heterocycles. The van der Waals surface area contributed by atoms with Crippen LogP contribution < -0.4 is 5.32 Å². The number of nitrogens with one attached hydrogen (secondary N) is 1. The molecule has 0 saturated heterocycles. The van der Waals surface area contributed by atoms with Crippen molar-refractivity contribution in [1.82, 2.24) is 9.97 Å². The van der Waals surface area contributed by atoms with Crippen LogP contribution in [-0.2, 0) is 6.42 Å². The Morgan fingerprint density at radius 2 is 1.90 bits per heavy atom. The molecule has 0 amide bonds. The monoisotopic (exact) mass is 283 g/mol. The van der Waals surface area contributed by atoms with Gasteiger partial charge in [0, 0.05) is 30.0 Å². The summed E-state index contributed by atoms with van der Waals surface area (Å²) < 4.78 is 0. The zero-order valence-electron chi connectivity index (χ0n) is 10.9. The summed E-state index contributed by atoms with van der Waals surface area (Å²) in [7, 11) is 0. The highest BCUT2D eigenvalue weighted by molar-refractivity contribution is 6.29. The lowest BCUT2D eigenvalue weighted by molar-refractivity contribution is 1.02. The second-order valence-electron chi connectivity index (χ2n) is 4.54. The number of hydrogen-bond donors (Lipinski definition) is 1. The van der Waals surface area contributed by atoms with Gasteiger partial charge in [-0.2, -0.15) is 0 Å². The van der Waals surface area contributed by atoms with Crippen molar-refractivity contribution in [3.8, 4) is 0 Å². The molecule has 0 unspecified atom stereocenters. The van der Waals surface area contributed by atoms with Gasteiger partial charge in [0.05, 0.1) is 5.52 Å². The summed E-state index contributed by atoms with van der Waals surface area (Å²) in [5.41, 5.74) is 3.30. The molecule has 0 fully saturated rings. The van der Waals surface area contributed by atoms with Gasteiger partial charge in [-0.15, -0.1) is 0 Å². The van der Waals surface area contributed by atoms with Crippen LogP contribution in [0.25, 0.3) is 10.9 Å². The maximum atomic E-state index is 5.86. The van der Waals surface area contributed by atoms with E-state index in [0.717, 1.165) is 24.2 Å². The number of pyridine rings is 2. The Hall–Kier alpha value is -2.13. The fourth-order valence-electron chi connectivity index (χ4n) is 2.22. The molecule has 2 aromatic heterocycles. The SMILES string of the molecule is Clc1cc(NCCc2cccc3cccnc23)ccn1. The minimum atomic E-state index is 0.502. The number of benzene rings is 1. The zero-order chi connectivity index (χ0) is 13.8. The molecule has 100 valence electrons. The van der Waals surface area contributed by atoms with E-state index in [1.807, 2.05) is 24.4 Å². The first kappa shape index (κ1) is 12.9. The quantitative estimate of drug-likeness (QED) is 0.737. The molecular weight excluding hydrogens is 270 g/mol. The molecule has 3 nitrogen and oxygen atoms in total. The minimum absolute atomic E-state index is 0.502. The molecule has 1 N–H and O–H groups in total. The van der Waals surface area contributed by atoms with E-state index in [1.165, 1.54) is 10.9 Å². The number of fused-ring (bicyclic) bond motifs is 1.